The molecule has 0 aliphatic carbocycles. The van der Waals surface area contributed by atoms with Crippen LogP contribution in [-0.4, -0.2) is 37.7 Å². The Balaban J connectivity index is 1.50. The van der Waals surface area contributed by atoms with Gasteiger partial charge in [-0.05, 0) is 54.3 Å². The van der Waals surface area contributed by atoms with Crippen molar-refractivity contribution in [1.82, 2.24) is 4.90 Å². The van der Waals surface area contributed by atoms with Crippen molar-refractivity contribution in [3.8, 4) is 17.2 Å². The molecule has 2 aliphatic rings. The third kappa shape index (κ3) is 3.09. The molecular formula is C21H23NO4. The molecule has 26 heavy (non-hydrogen) atoms. The summed E-state index contributed by atoms with van der Waals surface area (Å²) in [4.78, 5) is 14.9. The van der Waals surface area contributed by atoms with E-state index >= 15 is 0 Å². The van der Waals surface area contributed by atoms with Gasteiger partial charge in [0, 0.05) is 6.54 Å². The summed E-state index contributed by atoms with van der Waals surface area (Å²) in [7, 11) is 1.68. The van der Waals surface area contributed by atoms with Crippen LogP contribution in [0, 0.1) is 0 Å². The second kappa shape index (κ2) is 6.90. The standard InChI is InChI=1S/C21H23NO4/c1-14-18-5-4-17(24-2)13-16(18)7-8-22(14)21(23)12-15-3-6-19-20(11-15)26-10-9-25-19/h3-6,11,13-14H,7-10,12H2,1-2H3. The van der Waals surface area contributed by atoms with E-state index in [-0.39, 0.29) is 11.9 Å². The van der Waals surface area contributed by atoms with E-state index in [2.05, 4.69) is 19.1 Å². The van der Waals surface area contributed by atoms with Crippen LogP contribution in [0.5, 0.6) is 17.2 Å². The Bertz CT molecular complexity index is 833. The maximum absolute atomic E-state index is 12.9. The number of carbonyl (C=O) groups excluding carboxylic acids is 1. The fourth-order valence-electron chi connectivity index (χ4n) is 3.75. The molecule has 0 aromatic heterocycles. The van der Waals surface area contributed by atoms with Crippen LogP contribution >= 0.6 is 0 Å². The van der Waals surface area contributed by atoms with Crippen LogP contribution in [0.3, 0.4) is 0 Å². The van der Waals surface area contributed by atoms with Gasteiger partial charge in [-0.15, -0.1) is 0 Å². The lowest BCUT2D eigenvalue weighted by atomic mass is 9.92. The Morgan fingerprint density at radius 3 is 2.77 bits per heavy atom. The summed E-state index contributed by atoms with van der Waals surface area (Å²) in [5.74, 6) is 2.48. The fraction of sp³-hybridized carbons (Fsp3) is 0.381. The van der Waals surface area contributed by atoms with Gasteiger partial charge in [-0.1, -0.05) is 12.1 Å². The van der Waals surface area contributed by atoms with Crippen molar-refractivity contribution < 1.29 is 19.0 Å². The summed E-state index contributed by atoms with van der Waals surface area (Å²) in [6.07, 6.45) is 1.22. The molecule has 1 unspecified atom stereocenters. The first-order valence-corrected chi connectivity index (χ1v) is 9.00. The van der Waals surface area contributed by atoms with Gasteiger partial charge >= 0.3 is 0 Å². The van der Waals surface area contributed by atoms with Gasteiger partial charge in [-0.25, -0.2) is 0 Å². The van der Waals surface area contributed by atoms with Gasteiger partial charge in [0.15, 0.2) is 11.5 Å². The van der Waals surface area contributed by atoms with Crippen LogP contribution in [-0.2, 0) is 17.6 Å². The van der Waals surface area contributed by atoms with E-state index in [4.69, 9.17) is 14.2 Å². The molecule has 2 aliphatic heterocycles. The predicted molar refractivity (Wildman–Crippen MR) is 98.0 cm³/mol. The molecule has 0 saturated carbocycles. The number of methoxy groups -OCH3 is 1. The molecule has 4 rings (SSSR count). The first-order valence-electron chi connectivity index (χ1n) is 9.00. The topological polar surface area (TPSA) is 48.0 Å². The first kappa shape index (κ1) is 16.8. The van der Waals surface area contributed by atoms with Gasteiger partial charge in [0.25, 0.3) is 0 Å². The molecule has 0 N–H and O–H groups in total. The minimum absolute atomic E-state index is 0.0642. The van der Waals surface area contributed by atoms with Crippen molar-refractivity contribution >= 4 is 5.91 Å². The Kier molecular flexibility index (Phi) is 4.45. The number of carbonyl (C=O) groups is 1. The number of hydrogen-bond acceptors (Lipinski definition) is 4. The quantitative estimate of drug-likeness (QED) is 0.850. The Morgan fingerprint density at radius 2 is 1.96 bits per heavy atom. The number of amides is 1. The Morgan fingerprint density at radius 1 is 1.15 bits per heavy atom. The van der Waals surface area contributed by atoms with E-state index in [1.807, 2.05) is 29.2 Å². The molecule has 0 radical (unpaired) electrons. The third-order valence-corrected chi connectivity index (χ3v) is 5.17. The molecule has 2 heterocycles. The van der Waals surface area contributed by atoms with Gasteiger partial charge in [-0.2, -0.15) is 0 Å². The van der Waals surface area contributed by atoms with E-state index in [9.17, 15) is 4.79 Å². The largest absolute Gasteiger partial charge is 0.497 e. The van der Waals surface area contributed by atoms with Gasteiger partial charge in [-0.3, -0.25) is 4.79 Å². The van der Waals surface area contributed by atoms with Crippen LogP contribution in [0.25, 0.3) is 0 Å². The van der Waals surface area contributed by atoms with Crippen molar-refractivity contribution in [3.63, 3.8) is 0 Å². The minimum atomic E-state index is 0.0642. The van der Waals surface area contributed by atoms with Crippen LogP contribution < -0.4 is 14.2 Å². The normalized spacial score (nSPS) is 18.2. The minimum Gasteiger partial charge on any atom is -0.497 e. The van der Waals surface area contributed by atoms with Crippen molar-refractivity contribution in [3.05, 3.63) is 53.1 Å². The second-order valence-corrected chi connectivity index (χ2v) is 6.73. The molecule has 0 fully saturated rings. The lowest BCUT2D eigenvalue weighted by Crippen LogP contribution is -2.39. The number of hydrogen-bond donors (Lipinski definition) is 0. The molecular weight excluding hydrogens is 330 g/mol. The first-order chi connectivity index (χ1) is 12.7. The van der Waals surface area contributed by atoms with Crippen LogP contribution in [0.4, 0.5) is 0 Å². The van der Waals surface area contributed by atoms with E-state index < -0.39 is 0 Å². The molecule has 0 bridgehead atoms. The summed E-state index contributed by atoms with van der Waals surface area (Å²) >= 11 is 0. The Hall–Kier alpha value is -2.69. The fourth-order valence-corrected chi connectivity index (χ4v) is 3.75. The highest BCUT2D eigenvalue weighted by Crippen LogP contribution is 2.34. The highest BCUT2D eigenvalue weighted by molar-refractivity contribution is 5.80. The maximum atomic E-state index is 12.9. The summed E-state index contributed by atoms with van der Waals surface area (Å²) in [6, 6.07) is 11.9. The SMILES string of the molecule is COc1ccc2c(c1)CCN(C(=O)Cc1ccc3c(c1)OCCO3)C2C. The zero-order valence-corrected chi connectivity index (χ0v) is 15.2. The van der Waals surface area contributed by atoms with Crippen LogP contribution in [0.15, 0.2) is 36.4 Å². The molecule has 1 atom stereocenters. The molecule has 2 aromatic rings. The molecule has 5 nitrogen and oxygen atoms in total. The number of nitrogens with zero attached hydrogens (tertiary/aromatic N) is 1. The van der Waals surface area contributed by atoms with Gasteiger partial charge in [0.05, 0.1) is 19.6 Å². The van der Waals surface area contributed by atoms with Crippen LogP contribution in [0.2, 0.25) is 0 Å². The highest BCUT2D eigenvalue weighted by Gasteiger charge is 2.28. The second-order valence-electron chi connectivity index (χ2n) is 6.73. The average Bonchev–Trinajstić information content (AvgIpc) is 2.67. The summed E-state index contributed by atoms with van der Waals surface area (Å²) in [6.45, 7) is 3.94. The zero-order valence-electron chi connectivity index (χ0n) is 15.2. The highest BCUT2D eigenvalue weighted by atomic mass is 16.6. The molecule has 1 amide bonds. The van der Waals surface area contributed by atoms with Crippen molar-refractivity contribution in [1.29, 1.82) is 0 Å². The third-order valence-electron chi connectivity index (χ3n) is 5.17. The van der Waals surface area contributed by atoms with Gasteiger partial charge < -0.3 is 19.1 Å². The van der Waals surface area contributed by atoms with E-state index in [0.29, 0.717) is 19.6 Å². The van der Waals surface area contributed by atoms with E-state index in [0.717, 1.165) is 35.8 Å². The lowest BCUT2D eigenvalue weighted by Gasteiger charge is -2.35. The zero-order chi connectivity index (χ0) is 18.1. The number of fused-ring (bicyclic) bond motifs is 2. The Labute approximate surface area is 153 Å². The summed E-state index contributed by atoms with van der Waals surface area (Å²) in [5.41, 5.74) is 3.42. The average molecular weight is 353 g/mol. The molecule has 0 spiro atoms. The predicted octanol–water partition coefficient (Wildman–Crippen LogP) is 3.15. The smallest absolute Gasteiger partial charge is 0.227 e. The van der Waals surface area contributed by atoms with Gasteiger partial charge in [0.1, 0.15) is 19.0 Å². The molecule has 136 valence electrons. The number of benzene rings is 2. The lowest BCUT2D eigenvalue weighted by molar-refractivity contribution is -0.133. The van der Waals surface area contributed by atoms with Crippen molar-refractivity contribution in [2.24, 2.45) is 0 Å². The summed E-state index contributed by atoms with van der Waals surface area (Å²) in [5, 5.41) is 0. The monoisotopic (exact) mass is 353 g/mol. The molecule has 5 heteroatoms. The van der Waals surface area contributed by atoms with Crippen molar-refractivity contribution in [2.45, 2.75) is 25.8 Å². The van der Waals surface area contributed by atoms with Crippen LogP contribution in [0.1, 0.15) is 29.7 Å². The van der Waals surface area contributed by atoms with Crippen molar-refractivity contribution in [2.75, 3.05) is 26.9 Å². The summed E-state index contributed by atoms with van der Waals surface area (Å²) < 4.78 is 16.5. The number of rotatable bonds is 3. The maximum Gasteiger partial charge on any atom is 0.227 e. The van der Waals surface area contributed by atoms with E-state index in [1.165, 1.54) is 11.1 Å². The number of ether oxygens (including phenoxy) is 3. The molecule has 0 saturated heterocycles. The van der Waals surface area contributed by atoms with E-state index in [1.54, 1.807) is 7.11 Å². The van der Waals surface area contributed by atoms with Gasteiger partial charge in [0.2, 0.25) is 5.91 Å². The molecule has 2 aromatic carbocycles.